The van der Waals surface area contributed by atoms with E-state index in [1.807, 2.05) is 24.3 Å². The number of aromatic nitrogens is 4. The van der Waals surface area contributed by atoms with Crippen molar-refractivity contribution in [1.29, 1.82) is 0 Å². The summed E-state index contributed by atoms with van der Waals surface area (Å²) in [4.78, 5) is 13.2. The molecule has 0 atom stereocenters. The molecule has 2 N–H and O–H groups in total. The topological polar surface area (TPSA) is 90.7 Å². The molecule has 106 valence electrons. The van der Waals surface area contributed by atoms with Crippen LogP contribution in [-0.2, 0) is 5.75 Å². The second-order valence-electron chi connectivity index (χ2n) is 4.03. The number of anilines is 1. The normalized spacial score (nSPS) is 10.7. The average Bonchev–Trinajstić information content (AvgIpc) is 2.96. The maximum Gasteiger partial charge on any atom is 0.280 e. The highest BCUT2D eigenvalue weighted by Gasteiger charge is 2.14. The molecule has 0 saturated heterocycles. The van der Waals surface area contributed by atoms with Crippen LogP contribution in [0.4, 0.5) is 5.82 Å². The van der Waals surface area contributed by atoms with Crippen LogP contribution in [0, 0.1) is 0 Å². The van der Waals surface area contributed by atoms with Crippen LogP contribution < -0.4 is 5.73 Å². The lowest BCUT2D eigenvalue weighted by molar-refractivity contribution is 0.424. The first-order valence-electron chi connectivity index (χ1n) is 6.01. The van der Waals surface area contributed by atoms with Crippen molar-refractivity contribution in [2.45, 2.75) is 10.6 Å². The number of benzene rings is 1. The van der Waals surface area contributed by atoms with E-state index in [0.29, 0.717) is 22.3 Å². The standard InChI is InChI=1S/C13H10ClN5OS/c14-8-3-1-2-4-9(8)21-7-10-18-13(20-19-10)11-12(15)17-6-5-16-11/h1-6H,7H2,(H2,15,17). The largest absolute Gasteiger partial charge is 0.382 e. The molecule has 0 fully saturated rings. The lowest BCUT2D eigenvalue weighted by atomic mass is 10.4. The fraction of sp³-hybridized carbons (Fsp3) is 0.0769. The lowest BCUT2D eigenvalue weighted by Crippen LogP contribution is -1.96. The zero-order chi connectivity index (χ0) is 14.7. The van der Waals surface area contributed by atoms with Gasteiger partial charge in [0.1, 0.15) is 0 Å². The molecule has 0 aliphatic rings. The van der Waals surface area contributed by atoms with Crippen molar-refractivity contribution in [3.8, 4) is 11.6 Å². The Balaban J connectivity index is 1.74. The van der Waals surface area contributed by atoms with Gasteiger partial charge in [-0.2, -0.15) is 4.98 Å². The van der Waals surface area contributed by atoms with E-state index in [4.69, 9.17) is 21.9 Å². The van der Waals surface area contributed by atoms with E-state index in [1.165, 1.54) is 24.2 Å². The van der Waals surface area contributed by atoms with Crippen molar-refractivity contribution in [2.75, 3.05) is 5.73 Å². The van der Waals surface area contributed by atoms with Crippen molar-refractivity contribution < 1.29 is 4.52 Å². The molecule has 2 aromatic heterocycles. The maximum absolute atomic E-state index is 6.09. The predicted molar refractivity (Wildman–Crippen MR) is 80.7 cm³/mol. The molecule has 0 saturated carbocycles. The number of halogens is 1. The predicted octanol–water partition coefficient (Wildman–Crippen LogP) is 3.05. The summed E-state index contributed by atoms with van der Waals surface area (Å²) < 4.78 is 5.16. The zero-order valence-electron chi connectivity index (χ0n) is 10.7. The number of nitrogens with zero attached hydrogens (tertiary/aromatic N) is 4. The second kappa shape index (κ2) is 6.11. The molecule has 0 aliphatic heterocycles. The molecule has 21 heavy (non-hydrogen) atoms. The van der Waals surface area contributed by atoms with Crippen LogP contribution in [0.3, 0.4) is 0 Å². The van der Waals surface area contributed by atoms with Gasteiger partial charge in [-0.25, -0.2) is 9.97 Å². The smallest absolute Gasteiger partial charge is 0.280 e. The van der Waals surface area contributed by atoms with E-state index in [2.05, 4.69) is 20.1 Å². The van der Waals surface area contributed by atoms with Crippen LogP contribution in [0.2, 0.25) is 5.02 Å². The molecule has 0 spiro atoms. The van der Waals surface area contributed by atoms with Gasteiger partial charge in [0.25, 0.3) is 5.89 Å². The number of nitrogens with two attached hydrogens (primary N) is 1. The summed E-state index contributed by atoms with van der Waals surface area (Å²) in [7, 11) is 0. The molecular formula is C13H10ClN5OS. The molecule has 0 unspecified atom stereocenters. The van der Waals surface area contributed by atoms with Crippen LogP contribution in [0.1, 0.15) is 5.82 Å². The van der Waals surface area contributed by atoms with Crippen molar-refractivity contribution in [3.63, 3.8) is 0 Å². The molecule has 2 heterocycles. The molecule has 6 nitrogen and oxygen atoms in total. The summed E-state index contributed by atoms with van der Waals surface area (Å²) in [5, 5.41) is 4.60. The van der Waals surface area contributed by atoms with E-state index in [-0.39, 0.29) is 11.7 Å². The maximum atomic E-state index is 6.09. The monoisotopic (exact) mass is 319 g/mol. The lowest BCUT2D eigenvalue weighted by Gasteiger charge is -2.00. The first-order valence-corrected chi connectivity index (χ1v) is 7.37. The Kier molecular flexibility index (Phi) is 4.03. The third kappa shape index (κ3) is 3.14. The molecule has 0 bridgehead atoms. The van der Waals surface area contributed by atoms with Gasteiger partial charge in [-0.15, -0.1) is 11.8 Å². The quantitative estimate of drug-likeness (QED) is 0.739. The number of thioether (sulfide) groups is 1. The first-order chi connectivity index (χ1) is 10.2. The molecular weight excluding hydrogens is 310 g/mol. The van der Waals surface area contributed by atoms with Crippen molar-refractivity contribution >= 4 is 29.2 Å². The molecule has 0 radical (unpaired) electrons. The van der Waals surface area contributed by atoms with Crippen LogP contribution in [-0.4, -0.2) is 20.1 Å². The molecule has 3 aromatic rings. The van der Waals surface area contributed by atoms with E-state index in [1.54, 1.807) is 0 Å². The van der Waals surface area contributed by atoms with Gasteiger partial charge in [-0.05, 0) is 12.1 Å². The third-order valence-electron chi connectivity index (χ3n) is 2.59. The molecule has 0 aliphatic carbocycles. The van der Waals surface area contributed by atoms with Gasteiger partial charge in [0, 0.05) is 17.3 Å². The van der Waals surface area contributed by atoms with E-state index < -0.39 is 0 Å². The highest BCUT2D eigenvalue weighted by molar-refractivity contribution is 7.98. The minimum Gasteiger partial charge on any atom is -0.382 e. The van der Waals surface area contributed by atoms with E-state index in [9.17, 15) is 0 Å². The Morgan fingerprint density at radius 3 is 2.81 bits per heavy atom. The summed E-state index contributed by atoms with van der Waals surface area (Å²) >= 11 is 7.62. The highest BCUT2D eigenvalue weighted by atomic mass is 35.5. The number of rotatable bonds is 4. The second-order valence-corrected chi connectivity index (χ2v) is 5.45. The van der Waals surface area contributed by atoms with Crippen molar-refractivity contribution in [2.24, 2.45) is 0 Å². The Labute approximate surface area is 129 Å². The summed E-state index contributed by atoms with van der Waals surface area (Å²) in [6.45, 7) is 0. The van der Waals surface area contributed by atoms with Crippen LogP contribution in [0.25, 0.3) is 11.6 Å². The van der Waals surface area contributed by atoms with E-state index >= 15 is 0 Å². The van der Waals surface area contributed by atoms with Gasteiger partial charge in [0.05, 0.1) is 10.8 Å². The van der Waals surface area contributed by atoms with Gasteiger partial charge in [-0.3, -0.25) is 0 Å². The summed E-state index contributed by atoms with van der Waals surface area (Å²) in [6, 6.07) is 7.59. The van der Waals surface area contributed by atoms with Crippen LogP contribution in [0.5, 0.6) is 0 Å². The minimum absolute atomic E-state index is 0.256. The van der Waals surface area contributed by atoms with Crippen LogP contribution >= 0.6 is 23.4 Å². The Morgan fingerprint density at radius 2 is 2.00 bits per heavy atom. The van der Waals surface area contributed by atoms with Gasteiger partial charge in [0.15, 0.2) is 17.3 Å². The molecule has 0 amide bonds. The number of nitrogen functional groups attached to an aromatic ring is 1. The molecule has 1 aromatic carbocycles. The van der Waals surface area contributed by atoms with Crippen molar-refractivity contribution in [3.05, 3.63) is 47.5 Å². The Hall–Kier alpha value is -2.12. The minimum atomic E-state index is 0.256. The van der Waals surface area contributed by atoms with Crippen molar-refractivity contribution in [1.82, 2.24) is 20.1 Å². The van der Waals surface area contributed by atoms with Gasteiger partial charge in [-0.1, -0.05) is 28.9 Å². The summed E-state index contributed by atoms with van der Waals surface area (Å²) in [6.07, 6.45) is 3.03. The highest BCUT2D eigenvalue weighted by Crippen LogP contribution is 2.29. The molecule has 3 rings (SSSR count). The fourth-order valence-corrected chi connectivity index (χ4v) is 2.71. The fourth-order valence-electron chi connectivity index (χ4n) is 1.63. The first kappa shape index (κ1) is 13.8. The molecule has 8 heteroatoms. The Bertz CT molecular complexity index is 764. The van der Waals surface area contributed by atoms with Crippen LogP contribution in [0.15, 0.2) is 46.1 Å². The SMILES string of the molecule is Nc1nccnc1-c1nc(CSc2ccccc2Cl)no1. The van der Waals surface area contributed by atoms with E-state index in [0.717, 1.165) is 4.90 Å². The number of hydrogen-bond donors (Lipinski definition) is 1. The van der Waals surface area contributed by atoms with Gasteiger partial charge in [0.2, 0.25) is 0 Å². The zero-order valence-corrected chi connectivity index (χ0v) is 12.3. The summed E-state index contributed by atoms with van der Waals surface area (Å²) in [5.41, 5.74) is 6.11. The number of hydrogen-bond acceptors (Lipinski definition) is 7. The van der Waals surface area contributed by atoms with Gasteiger partial charge >= 0.3 is 0 Å². The summed E-state index contributed by atoms with van der Waals surface area (Å²) in [5.74, 6) is 1.59. The average molecular weight is 320 g/mol. The Morgan fingerprint density at radius 1 is 1.19 bits per heavy atom. The third-order valence-corrected chi connectivity index (χ3v) is 4.10. The van der Waals surface area contributed by atoms with Gasteiger partial charge < -0.3 is 10.3 Å².